The van der Waals surface area contributed by atoms with Crippen molar-refractivity contribution in [1.82, 2.24) is 4.90 Å². The Morgan fingerprint density at radius 2 is 2.16 bits per heavy atom. The summed E-state index contributed by atoms with van der Waals surface area (Å²) < 4.78 is 14.8. The number of rotatable bonds is 4. The molecule has 5 nitrogen and oxygen atoms in total. The topological polar surface area (TPSA) is 75.4 Å². The van der Waals surface area contributed by atoms with Crippen LogP contribution in [0.3, 0.4) is 0 Å². The third-order valence-corrected chi connectivity index (χ3v) is 5.13. The number of fused-ring (bicyclic) bond motifs is 1. The third kappa shape index (κ3) is 2.92. The second-order valence-corrected chi connectivity index (χ2v) is 6.70. The van der Waals surface area contributed by atoms with E-state index in [1.165, 1.54) is 12.1 Å². The summed E-state index contributed by atoms with van der Waals surface area (Å²) >= 11 is 0. The Balaban J connectivity index is 1.96. The number of carbonyl (C=O) groups excluding carboxylic acids is 2. The summed E-state index contributed by atoms with van der Waals surface area (Å²) in [6.45, 7) is 8.51. The highest BCUT2D eigenvalue weighted by Gasteiger charge is 2.30. The molecule has 1 aliphatic carbocycles. The van der Waals surface area contributed by atoms with Crippen LogP contribution in [0.15, 0.2) is 24.3 Å². The van der Waals surface area contributed by atoms with E-state index >= 15 is 0 Å². The van der Waals surface area contributed by atoms with Gasteiger partial charge in [-0.1, -0.05) is 12.2 Å². The zero-order valence-electron chi connectivity index (χ0n) is 14.5. The quantitative estimate of drug-likeness (QED) is 0.825. The van der Waals surface area contributed by atoms with Crippen molar-refractivity contribution >= 4 is 23.1 Å². The summed E-state index contributed by atoms with van der Waals surface area (Å²) in [5.41, 5.74) is 9.65. The van der Waals surface area contributed by atoms with E-state index in [4.69, 9.17) is 5.73 Å². The van der Waals surface area contributed by atoms with Gasteiger partial charge in [0.25, 0.3) is 0 Å². The lowest BCUT2D eigenvalue weighted by atomic mass is 9.97. The number of nitrogens with two attached hydrogens (primary N) is 1. The molecule has 3 rings (SSSR count). The van der Waals surface area contributed by atoms with E-state index in [0.717, 1.165) is 28.7 Å². The van der Waals surface area contributed by atoms with Crippen LogP contribution < -0.4 is 11.1 Å². The normalized spacial score (nSPS) is 19.2. The van der Waals surface area contributed by atoms with Crippen molar-refractivity contribution in [2.45, 2.75) is 32.7 Å². The summed E-state index contributed by atoms with van der Waals surface area (Å²) in [4.78, 5) is 25.1. The molecule has 0 spiro atoms. The molecule has 1 heterocycles. The van der Waals surface area contributed by atoms with Crippen LogP contribution in [0.5, 0.6) is 0 Å². The second-order valence-electron chi connectivity index (χ2n) is 6.70. The molecule has 0 bridgehead atoms. The Bertz CT molecular complexity index is 813. The van der Waals surface area contributed by atoms with E-state index in [-0.39, 0.29) is 17.5 Å². The van der Waals surface area contributed by atoms with E-state index in [0.29, 0.717) is 25.2 Å². The minimum atomic E-state index is -0.618. The molecule has 0 saturated carbocycles. The lowest BCUT2D eigenvalue weighted by molar-refractivity contribution is -0.125. The van der Waals surface area contributed by atoms with Gasteiger partial charge in [0.15, 0.2) is 0 Å². The number of hydrogen-bond acceptors (Lipinski definition) is 3. The minimum Gasteiger partial charge on any atom is -0.378 e. The lowest BCUT2D eigenvalue weighted by Gasteiger charge is -2.20. The first kappa shape index (κ1) is 17.2. The molecule has 2 amide bonds. The molecule has 0 aromatic heterocycles. The smallest absolute Gasteiger partial charge is 0.249 e. The van der Waals surface area contributed by atoms with Crippen molar-refractivity contribution in [2.75, 3.05) is 18.4 Å². The van der Waals surface area contributed by atoms with Gasteiger partial charge in [-0.2, -0.15) is 0 Å². The SMILES string of the molecule is C=CC(=O)N1CC[C@H](Nc2c(F)cc(C(N)=O)c3c2C(C)=C(C)C3)C1. The number of halogens is 1. The molecule has 6 heteroatoms. The molecular weight excluding hydrogens is 321 g/mol. The monoisotopic (exact) mass is 343 g/mol. The standard InChI is InChI=1S/C19H22FN3O2/c1-4-16(24)23-6-5-12(9-23)22-18-15(20)8-14(19(21)25)13-7-10(2)11(3)17(13)18/h4,8,12,22H,1,5-7,9H2,2-3H3,(H2,21,25)/t12-/m0/s1. The van der Waals surface area contributed by atoms with Crippen molar-refractivity contribution in [3.05, 3.63) is 46.8 Å². The number of anilines is 1. The number of likely N-dealkylation sites (tertiary alicyclic amines) is 1. The molecule has 0 radical (unpaired) electrons. The number of nitrogens with zero attached hydrogens (tertiary/aromatic N) is 1. The molecule has 1 aromatic rings. The summed E-state index contributed by atoms with van der Waals surface area (Å²) in [5.74, 6) is -1.23. The number of nitrogens with one attached hydrogen (secondary N) is 1. The Morgan fingerprint density at radius 1 is 1.44 bits per heavy atom. The number of hydrogen-bond donors (Lipinski definition) is 2. The Morgan fingerprint density at radius 3 is 2.80 bits per heavy atom. The van der Waals surface area contributed by atoms with Gasteiger partial charge < -0.3 is 16.0 Å². The first-order valence-electron chi connectivity index (χ1n) is 8.33. The van der Waals surface area contributed by atoms with Crippen LogP contribution in [0.25, 0.3) is 5.57 Å². The molecule has 1 saturated heterocycles. The summed E-state index contributed by atoms with van der Waals surface area (Å²) in [6.07, 6.45) is 2.62. The fraction of sp³-hybridized carbons (Fsp3) is 0.368. The Hall–Kier alpha value is -2.63. The fourth-order valence-electron chi connectivity index (χ4n) is 3.67. The van der Waals surface area contributed by atoms with Gasteiger partial charge in [-0.15, -0.1) is 0 Å². The van der Waals surface area contributed by atoms with Crippen LogP contribution >= 0.6 is 0 Å². The summed E-state index contributed by atoms with van der Waals surface area (Å²) in [6, 6.07) is 1.17. The van der Waals surface area contributed by atoms with E-state index in [1.54, 1.807) is 4.90 Å². The van der Waals surface area contributed by atoms with Crippen molar-refractivity contribution in [1.29, 1.82) is 0 Å². The number of benzene rings is 1. The zero-order valence-corrected chi connectivity index (χ0v) is 14.5. The predicted molar refractivity (Wildman–Crippen MR) is 95.7 cm³/mol. The van der Waals surface area contributed by atoms with Gasteiger partial charge in [0, 0.05) is 30.3 Å². The molecule has 1 fully saturated rings. The van der Waals surface area contributed by atoms with Crippen LogP contribution in [-0.2, 0) is 11.2 Å². The highest BCUT2D eigenvalue weighted by molar-refractivity contribution is 5.99. The van der Waals surface area contributed by atoms with Gasteiger partial charge in [-0.05, 0) is 50.0 Å². The molecular formula is C19H22FN3O2. The zero-order chi connectivity index (χ0) is 18.3. The lowest BCUT2D eigenvalue weighted by Crippen LogP contribution is -2.30. The van der Waals surface area contributed by atoms with Crippen molar-refractivity contribution < 1.29 is 14.0 Å². The van der Waals surface area contributed by atoms with Crippen molar-refractivity contribution in [2.24, 2.45) is 5.73 Å². The van der Waals surface area contributed by atoms with Crippen molar-refractivity contribution in [3.8, 4) is 0 Å². The maximum Gasteiger partial charge on any atom is 0.249 e. The molecule has 3 N–H and O–H groups in total. The molecule has 0 unspecified atom stereocenters. The molecule has 1 aromatic carbocycles. The van der Waals surface area contributed by atoms with Crippen LogP contribution in [0.4, 0.5) is 10.1 Å². The molecule has 1 atom stereocenters. The first-order valence-corrected chi connectivity index (χ1v) is 8.33. The number of allylic oxidation sites excluding steroid dienone is 2. The van der Waals surface area contributed by atoms with Gasteiger partial charge in [-0.25, -0.2) is 4.39 Å². The predicted octanol–water partition coefficient (Wildman–Crippen LogP) is 2.47. The molecule has 25 heavy (non-hydrogen) atoms. The van der Waals surface area contributed by atoms with Gasteiger partial charge in [0.05, 0.1) is 5.69 Å². The van der Waals surface area contributed by atoms with Crippen LogP contribution in [-0.4, -0.2) is 35.8 Å². The average Bonchev–Trinajstić information content (AvgIpc) is 3.15. The third-order valence-electron chi connectivity index (χ3n) is 5.13. The van der Waals surface area contributed by atoms with Gasteiger partial charge in [0.1, 0.15) is 5.82 Å². The van der Waals surface area contributed by atoms with Gasteiger partial charge in [-0.3, -0.25) is 9.59 Å². The van der Waals surface area contributed by atoms with Gasteiger partial charge >= 0.3 is 0 Å². The van der Waals surface area contributed by atoms with Crippen LogP contribution in [0.2, 0.25) is 0 Å². The summed E-state index contributed by atoms with van der Waals surface area (Å²) in [5, 5.41) is 3.25. The highest BCUT2D eigenvalue weighted by atomic mass is 19.1. The Kier molecular flexibility index (Phi) is 4.37. The van der Waals surface area contributed by atoms with Crippen LogP contribution in [0.1, 0.15) is 41.8 Å². The maximum atomic E-state index is 14.8. The average molecular weight is 343 g/mol. The summed E-state index contributed by atoms with van der Waals surface area (Å²) in [7, 11) is 0. The van der Waals surface area contributed by atoms with E-state index in [2.05, 4.69) is 11.9 Å². The van der Waals surface area contributed by atoms with E-state index in [9.17, 15) is 14.0 Å². The maximum absolute atomic E-state index is 14.8. The number of carbonyl (C=O) groups is 2. The first-order chi connectivity index (χ1) is 11.8. The second kappa shape index (κ2) is 6.35. The number of amides is 2. The van der Waals surface area contributed by atoms with Crippen molar-refractivity contribution in [3.63, 3.8) is 0 Å². The molecule has 2 aliphatic rings. The molecule has 1 aliphatic heterocycles. The largest absolute Gasteiger partial charge is 0.378 e. The Labute approximate surface area is 146 Å². The van der Waals surface area contributed by atoms with Crippen LogP contribution in [0, 0.1) is 5.82 Å². The van der Waals surface area contributed by atoms with E-state index < -0.39 is 11.7 Å². The fourth-order valence-corrected chi connectivity index (χ4v) is 3.67. The minimum absolute atomic E-state index is 0.0457. The highest BCUT2D eigenvalue weighted by Crippen LogP contribution is 2.41. The number of primary amides is 1. The van der Waals surface area contributed by atoms with E-state index in [1.807, 2.05) is 13.8 Å². The van der Waals surface area contributed by atoms with Gasteiger partial charge in [0.2, 0.25) is 11.8 Å². The molecule has 132 valence electrons.